The summed E-state index contributed by atoms with van der Waals surface area (Å²) < 4.78 is 33.5. The molecule has 0 N–H and O–H groups in total. The second-order valence-corrected chi connectivity index (χ2v) is 12.1. The second kappa shape index (κ2) is 5.45. The van der Waals surface area contributed by atoms with E-state index in [9.17, 15) is 8.78 Å². The van der Waals surface area contributed by atoms with Gasteiger partial charge in [0.05, 0.1) is 14.3 Å². The number of nitrogens with zero attached hydrogens (tertiary/aromatic N) is 2. The fraction of sp³-hybridized carbons (Fsp3) is 0.158. The first-order valence-electron chi connectivity index (χ1n) is 7.98. The molecule has 0 aliphatic carbocycles. The maximum atomic E-state index is 14.3. The van der Waals surface area contributed by atoms with E-state index in [0.29, 0.717) is 16.9 Å². The lowest BCUT2D eigenvalue weighted by Gasteiger charge is -2.18. The van der Waals surface area contributed by atoms with Crippen LogP contribution < -0.4 is 5.19 Å². The summed E-state index contributed by atoms with van der Waals surface area (Å²) in [5.41, 5.74) is 1.64. The number of furan rings is 1. The summed E-state index contributed by atoms with van der Waals surface area (Å²) in [5, 5.41) is 3.06. The van der Waals surface area contributed by atoms with E-state index >= 15 is 0 Å². The van der Waals surface area contributed by atoms with Crippen molar-refractivity contribution >= 4 is 35.3 Å². The van der Waals surface area contributed by atoms with Crippen molar-refractivity contribution in [1.29, 1.82) is 0 Å². The van der Waals surface area contributed by atoms with Gasteiger partial charge in [-0.05, 0) is 23.4 Å². The van der Waals surface area contributed by atoms with Crippen molar-refractivity contribution in [3.63, 3.8) is 0 Å². The van der Waals surface area contributed by atoms with Crippen LogP contribution in [-0.4, -0.2) is 18.0 Å². The summed E-state index contributed by atoms with van der Waals surface area (Å²) in [4.78, 5) is 8.23. The van der Waals surface area contributed by atoms with E-state index in [-0.39, 0.29) is 5.69 Å². The van der Waals surface area contributed by atoms with Crippen LogP contribution in [0.15, 0.2) is 47.1 Å². The van der Waals surface area contributed by atoms with Crippen molar-refractivity contribution < 1.29 is 13.2 Å². The van der Waals surface area contributed by atoms with Crippen LogP contribution in [0.5, 0.6) is 0 Å². The Morgan fingerprint density at radius 1 is 1.04 bits per heavy atom. The molecule has 0 saturated carbocycles. The summed E-state index contributed by atoms with van der Waals surface area (Å²) in [6.45, 7) is 6.73. The van der Waals surface area contributed by atoms with Crippen molar-refractivity contribution in [2.75, 3.05) is 0 Å². The molecule has 3 nitrogen and oxygen atoms in total. The van der Waals surface area contributed by atoms with E-state index in [1.807, 2.05) is 24.3 Å². The third-order valence-corrected chi connectivity index (χ3v) is 6.30. The molecule has 0 amide bonds. The zero-order valence-corrected chi connectivity index (χ0v) is 15.1. The van der Waals surface area contributed by atoms with Crippen LogP contribution >= 0.6 is 0 Å². The molecular weight excluding hydrogens is 338 g/mol. The Hall–Kier alpha value is -2.60. The first-order chi connectivity index (χ1) is 11.9. The molecule has 0 fully saturated rings. The van der Waals surface area contributed by atoms with Crippen LogP contribution in [0.2, 0.25) is 19.6 Å². The molecule has 1 aromatic carbocycles. The highest BCUT2D eigenvalue weighted by atomic mass is 28.3. The minimum atomic E-state index is -1.69. The van der Waals surface area contributed by atoms with Crippen molar-refractivity contribution in [2.24, 2.45) is 0 Å². The zero-order valence-electron chi connectivity index (χ0n) is 14.1. The molecule has 126 valence electrons. The summed E-state index contributed by atoms with van der Waals surface area (Å²) in [5.74, 6) is -1.42. The first-order valence-corrected chi connectivity index (χ1v) is 11.5. The van der Waals surface area contributed by atoms with Crippen LogP contribution in [0.1, 0.15) is 0 Å². The smallest absolute Gasteiger partial charge is 0.227 e. The third kappa shape index (κ3) is 2.53. The van der Waals surface area contributed by atoms with Gasteiger partial charge in [-0.2, -0.15) is 0 Å². The number of fused-ring (bicyclic) bond motifs is 3. The third-order valence-electron chi connectivity index (χ3n) is 4.27. The monoisotopic (exact) mass is 354 g/mol. The molecule has 6 heteroatoms. The van der Waals surface area contributed by atoms with Crippen molar-refractivity contribution in [1.82, 2.24) is 9.97 Å². The number of hydrogen-bond donors (Lipinski definition) is 0. The van der Waals surface area contributed by atoms with E-state index in [2.05, 4.69) is 29.6 Å². The van der Waals surface area contributed by atoms with Gasteiger partial charge in [-0.1, -0.05) is 25.7 Å². The molecule has 3 aromatic heterocycles. The fourth-order valence-electron chi connectivity index (χ4n) is 3.14. The number of benzene rings is 1. The normalized spacial score (nSPS) is 12.2. The van der Waals surface area contributed by atoms with Crippen LogP contribution in [0.4, 0.5) is 8.78 Å². The molecule has 3 heterocycles. The molecule has 0 spiro atoms. The van der Waals surface area contributed by atoms with Gasteiger partial charge in [0.25, 0.3) is 0 Å². The predicted octanol–water partition coefficient (Wildman–Crippen LogP) is 4.87. The van der Waals surface area contributed by atoms with Crippen molar-refractivity contribution in [2.45, 2.75) is 19.6 Å². The van der Waals surface area contributed by atoms with Gasteiger partial charge < -0.3 is 4.42 Å². The number of hydrogen-bond acceptors (Lipinski definition) is 3. The topological polar surface area (TPSA) is 38.9 Å². The molecule has 0 bridgehead atoms. The second-order valence-electron chi connectivity index (χ2n) is 7.06. The Balaban J connectivity index is 2.15. The lowest BCUT2D eigenvalue weighted by atomic mass is 10.1. The van der Waals surface area contributed by atoms with E-state index in [1.54, 1.807) is 6.20 Å². The van der Waals surface area contributed by atoms with Gasteiger partial charge in [0.1, 0.15) is 17.1 Å². The average molecular weight is 354 g/mol. The zero-order chi connectivity index (χ0) is 17.8. The average Bonchev–Trinajstić information content (AvgIpc) is 2.93. The number of pyridine rings is 2. The highest BCUT2D eigenvalue weighted by Gasteiger charge is 2.25. The van der Waals surface area contributed by atoms with Gasteiger partial charge in [0.15, 0.2) is 5.82 Å². The minimum absolute atomic E-state index is 0.0765. The molecule has 0 radical (unpaired) electrons. The van der Waals surface area contributed by atoms with E-state index in [0.717, 1.165) is 23.0 Å². The molecule has 4 aromatic rings. The maximum absolute atomic E-state index is 14.3. The van der Waals surface area contributed by atoms with Gasteiger partial charge >= 0.3 is 0 Å². The summed E-state index contributed by atoms with van der Waals surface area (Å²) in [6.07, 6.45) is 2.67. The van der Waals surface area contributed by atoms with Gasteiger partial charge in [-0.3, -0.25) is 0 Å². The molecule has 0 saturated heterocycles. The standard InChI is InChI=1S/C19H16F2N2OSi/c1-25(2,3)15-7-6-13(17-14(21)9-11(20)10-23-17)18-16(15)12-5-4-8-22-19(12)24-18/h4-10H,1-3H3. The summed E-state index contributed by atoms with van der Waals surface area (Å²) in [6, 6.07) is 8.46. The lowest BCUT2D eigenvalue weighted by Crippen LogP contribution is -2.38. The lowest BCUT2D eigenvalue weighted by molar-refractivity contribution is 0.575. The van der Waals surface area contributed by atoms with Gasteiger partial charge in [0.2, 0.25) is 5.71 Å². The van der Waals surface area contributed by atoms with Gasteiger partial charge in [-0.25, -0.2) is 18.7 Å². The Bertz CT molecular complexity index is 1120. The minimum Gasteiger partial charge on any atom is -0.437 e. The van der Waals surface area contributed by atoms with Gasteiger partial charge in [-0.15, -0.1) is 0 Å². The molecule has 4 rings (SSSR count). The molecule has 0 aliphatic rings. The Morgan fingerprint density at radius 2 is 1.84 bits per heavy atom. The SMILES string of the molecule is C[Si](C)(C)c1ccc(-c2ncc(F)cc2F)c2oc3ncccc3c12. The van der Waals surface area contributed by atoms with Gasteiger partial charge in [0, 0.05) is 28.6 Å². The Kier molecular flexibility index (Phi) is 3.47. The first kappa shape index (κ1) is 15.9. The summed E-state index contributed by atoms with van der Waals surface area (Å²) in [7, 11) is -1.69. The van der Waals surface area contributed by atoms with Crippen LogP contribution in [0.25, 0.3) is 33.3 Å². The predicted molar refractivity (Wildman–Crippen MR) is 97.6 cm³/mol. The van der Waals surface area contributed by atoms with Crippen molar-refractivity contribution in [3.05, 3.63) is 54.4 Å². The maximum Gasteiger partial charge on any atom is 0.227 e. The van der Waals surface area contributed by atoms with Crippen LogP contribution in [0.3, 0.4) is 0 Å². The molecule has 0 unspecified atom stereocenters. The van der Waals surface area contributed by atoms with Crippen molar-refractivity contribution in [3.8, 4) is 11.3 Å². The highest BCUT2D eigenvalue weighted by Crippen LogP contribution is 2.35. The fourth-order valence-corrected chi connectivity index (χ4v) is 4.72. The molecule has 25 heavy (non-hydrogen) atoms. The highest BCUT2D eigenvalue weighted by molar-refractivity contribution is 6.90. The Labute approximate surface area is 144 Å². The van der Waals surface area contributed by atoms with E-state index < -0.39 is 19.7 Å². The molecular formula is C19H16F2N2OSi. The number of aromatic nitrogens is 2. The number of rotatable bonds is 2. The quantitative estimate of drug-likeness (QED) is 0.482. The van der Waals surface area contributed by atoms with E-state index in [1.165, 1.54) is 5.19 Å². The van der Waals surface area contributed by atoms with Crippen LogP contribution in [0, 0.1) is 11.6 Å². The summed E-state index contributed by atoms with van der Waals surface area (Å²) >= 11 is 0. The van der Waals surface area contributed by atoms with Crippen LogP contribution in [-0.2, 0) is 0 Å². The molecule has 0 atom stereocenters. The molecule has 0 aliphatic heterocycles. The number of halogens is 2. The van der Waals surface area contributed by atoms with E-state index in [4.69, 9.17) is 4.42 Å². The Morgan fingerprint density at radius 3 is 2.56 bits per heavy atom. The largest absolute Gasteiger partial charge is 0.437 e.